The van der Waals surface area contributed by atoms with Gasteiger partial charge in [0.2, 0.25) is 5.91 Å². The zero-order valence-electron chi connectivity index (χ0n) is 14.5. The first-order valence-electron chi connectivity index (χ1n) is 8.68. The molecular formula is C18H28ClN3O2S. The average Bonchev–Trinajstić information content (AvgIpc) is 2.85. The molecule has 0 radical (unpaired) electrons. The van der Waals surface area contributed by atoms with Crippen LogP contribution in [0.15, 0.2) is 29.2 Å². The minimum absolute atomic E-state index is 0. The Morgan fingerprint density at radius 2 is 1.76 bits per heavy atom. The van der Waals surface area contributed by atoms with Gasteiger partial charge in [-0.1, -0.05) is 37.8 Å². The molecule has 0 bridgehead atoms. The van der Waals surface area contributed by atoms with Gasteiger partial charge in [0.1, 0.15) is 0 Å². The molecule has 1 saturated carbocycles. The number of carbonyl (C=O) groups excluding carboxylic acids is 2. The molecule has 2 rings (SSSR count). The molecule has 1 aromatic carbocycles. The normalized spacial score (nSPS) is 15.0. The number of rotatable bonds is 8. The quantitative estimate of drug-likeness (QED) is 0.365. The first kappa shape index (κ1) is 21.8. The highest BCUT2D eigenvalue weighted by atomic mass is 35.5. The molecule has 7 heteroatoms. The molecule has 0 saturated heterocycles. The maximum absolute atomic E-state index is 12.3. The monoisotopic (exact) mass is 385 g/mol. The van der Waals surface area contributed by atoms with Gasteiger partial charge in [-0.25, -0.2) is 0 Å². The molecule has 0 atom stereocenters. The van der Waals surface area contributed by atoms with Gasteiger partial charge >= 0.3 is 0 Å². The van der Waals surface area contributed by atoms with Crippen molar-refractivity contribution in [3.05, 3.63) is 29.8 Å². The Balaban J connectivity index is 0.00000312. The Labute approximate surface area is 160 Å². The van der Waals surface area contributed by atoms with Crippen molar-refractivity contribution in [3.63, 3.8) is 0 Å². The maximum atomic E-state index is 12.3. The molecule has 1 aromatic rings. The molecular weight excluding hydrogens is 358 g/mol. The molecule has 4 N–H and O–H groups in total. The first-order valence-corrected chi connectivity index (χ1v) is 9.67. The number of nitrogens with two attached hydrogens (primary N) is 1. The lowest BCUT2D eigenvalue weighted by Crippen LogP contribution is -2.37. The molecule has 5 nitrogen and oxygen atoms in total. The Hall–Kier alpha value is -1.24. The van der Waals surface area contributed by atoms with Gasteiger partial charge < -0.3 is 16.4 Å². The summed E-state index contributed by atoms with van der Waals surface area (Å²) in [6.45, 7) is 1.39. The fraction of sp³-hybridized carbons (Fsp3) is 0.556. The van der Waals surface area contributed by atoms with Crippen molar-refractivity contribution in [1.82, 2.24) is 10.6 Å². The smallest absolute Gasteiger partial charge is 0.252 e. The maximum Gasteiger partial charge on any atom is 0.252 e. The first-order chi connectivity index (χ1) is 11.7. The summed E-state index contributed by atoms with van der Waals surface area (Å²) in [6.07, 6.45) is 7.76. The number of benzene rings is 1. The Bertz CT molecular complexity index is 549. The van der Waals surface area contributed by atoms with E-state index in [2.05, 4.69) is 10.6 Å². The zero-order valence-corrected chi connectivity index (χ0v) is 16.1. The Morgan fingerprint density at radius 1 is 1.08 bits per heavy atom. The largest absolute Gasteiger partial charge is 0.369 e. The van der Waals surface area contributed by atoms with Crippen molar-refractivity contribution in [2.45, 2.75) is 49.5 Å². The van der Waals surface area contributed by atoms with Crippen LogP contribution >= 0.6 is 24.2 Å². The van der Waals surface area contributed by atoms with E-state index in [1.807, 2.05) is 18.2 Å². The lowest BCUT2D eigenvalue weighted by molar-refractivity contribution is -0.115. The van der Waals surface area contributed by atoms with Crippen LogP contribution in [0, 0.1) is 0 Å². The Kier molecular flexibility index (Phi) is 10.6. The third-order valence-electron chi connectivity index (χ3n) is 4.20. The predicted molar refractivity (Wildman–Crippen MR) is 105 cm³/mol. The van der Waals surface area contributed by atoms with Gasteiger partial charge in [0.05, 0.1) is 11.3 Å². The molecule has 25 heavy (non-hydrogen) atoms. The fourth-order valence-electron chi connectivity index (χ4n) is 2.96. The summed E-state index contributed by atoms with van der Waals surface area (Å²) in [4.78, 5) is 24.1. The minimum Gasteiger partial charge on any atom is -0.369 e. The fourth-order valence-corrected chi connectivity index (χ4v) is 3.75. The number of carbonyl (C=O) groups is 2. The van der Waals surface area contributed by atoms with Gasteiger partial charge in [0, 0.05) is 24.0 Å². The van der Waals surface area contributed by atoms with Gasteiger partial charge in [0.15, 0.2) is 0 Å². The summed E-state index contributed by atoms with van der Waals surface area (Å²) in [5.74, 6) is -0.318. The van der Waals surface area contributed by atoms with Crippen LogP contribution in [0.4, 0.5) is 0 Å². The molecule has 0 spiro atoms. The molecule has 0 aliphatic heterocycles. The van der Waals surface area contributed by atoms with Crippen LogP contribution < -0.4 is 16.4 Å². The number of amides is 2. The van der Waals surface area contributed by atoms with Crippen molar-refractivity contribution >= 4 is 36.0 Å². The van der Waals surface area contributed by atoms with E-state index in [9.17, 15) is 9.59 Å². The highest BCUT2D eigenvalue weighted by Crippen LogP contribution is 2.22. The summed E-state index contributed by atoms with van der Waals surface area (Å²) in [7, 11) is 0. The standard InChI is InChI=1S/C18H27N3O2S.ClH/c19-17(22)13-24-16-10-6-5-9-15(16)18(23)21-12-11-20-14-7-3-1-2-4-8-14;/h5-6,9-10,14,20H,1-4,7-8,11-13H2,(H2,19,22)(H,21,23);1H. The molecule has 1 fully saturated rings. The molecule has 1 aliphatic carbocycles. The number of thioether (sulfide) groups is 1. The second-order valence-corrected chi connectivity index (χ2v) is 7.17. The van der Waals surface area contributed by atoms with E-state index >= 15 is 0 Å². The molecule has 0 aromatic heterocycles. The summed E-state index contributed by atoms with van der Waals surface area (Å²) >= 11 is 1.30. The van der Waals surface area contributed by atoms with Gasteiger partial charge in [-0.15, -0.1) is 24.2 Å². The zero-order chi connectivity index (χ0) is 17.2. The average molecular weight is 386 g/mol. The van der Waals surface area contributed by atoms with Crippen LogP contribution in [-0.4, -0.2) is 36.7 Å². The van der Waals surface area contributed by atoms with Crippen LogP contribution in [-0.2, 0) is 4.79 Å². The number of nitrogens with one attached hydrogen (secondary N) is 2. The second kappa shape index (κ2) is 12.2. The van der Waals surface area contributed by atoms with Crippen molar-refractivity contribution in [3.8, 4) is 0 Å². The van der Waals surface area contributed by atoms with Crippen molar-refractivity contribution < 1.29 is 9.59 Å². The van der Waals surface area contributed by atoms with Crippen LogP contribution in [0.5, 0.6) is 0 Å². The van der Waals surface area contributed by atoms with Gasteiger partial charge in [0.25, 0.3) is 5.91 Å². The highest BCUT2D eigenvalue weighted by molar-refractivity contribution is 8.00. The van der Waals surface area contributed by atoms with E-state index in [0.29, 0.717) is 18.2 Å². The predicted octanol–water partition coefficient (Wildman–Crippen LogP) is 2.73. The van der Waals surface area contributed by atoms with Crippen molar-refractivity contribution in [2.75, 3.05) is 18.8 Å². The van der Waals surface area contributed by atoms with E-state index in [4.69, 9.17) is 5.73 Å². The van der Waals surface area contributed by atoms with Crippen molar-refractivity contribution in [2.24, 2.45) is 5.73 Å². The number of halogens is 1. The topological polar surface area (TPSA) is 84.2 Å². The SMILES string of the molecule is Cl.NC(=O)CSc1ccccc1C(=O)NCCNC1CCCCCC1. The highest BCUT2D eigenvalue weighted by Gasteiger charge is 2.13. The lowest BCUT2D eigenvalue weighted by atomic mass is 10.1. The molecule has 1 aliphatic rings. The molecule has 0 heterocycles. The van der Waals surface area contributed by atoms with Gasteiger partial charge in [-0.2, -0.15) is 0 Å². The van der Waals surface area contributed by atoms with Crippen LogP contribution in [0.3, 0.4) is 0 Å². The second-order valence-electron chi connectivity index (χ2n) is 6.15. The van der Waals surface area contributed by atoms with Crippen LogP contribution in [0.2, 0.25) is 0 Å². The van der Waals surface area contributed by atoms with Crippen molar-refractivity contribution in [1.29, 1.82) is 0 Å². The lowest BCUT2D eigenvalue weighted by Gasteiger charge is -2.16. The summed E-state index contributed by atoms with van der Waals surface area (Å²) in [6, 6.07) is 7.88. The van der Waals surface area contributed by atoms with Crippen LogP contribution in [0.1, 0.15) is 48.9 Å². The van der Waals surface area contributed by atoms with E-state index in [1.54, 1.807) is 6.07 Å². The molecule has 0 unspecified atom stereocenters. The third kappa shape index (κ3) is 8.12. The van der Waals surface area contributed by atoms with Gasteiger partial charge in [-0.3, -0.25) is 9.59 Å². The van der Waals surface area contributed by atoms with E-state index < -0.39 is 0 Å². The van der Waals surface area contributed by atoms with Gasteiger partial charge in [-0.05, 0) is 25.0 Å². The summed E-state index contributed by atoms with van der Waals surface area (Å²) in [5.41, 5.74) is 5.77. The molecule has 140 valence electrons. The number of hydrogen-bond donors (Lipinski definition) is 3. The molecule has 2 amide bonds. The third-order valence-corrected chi connectivity index (χ3v) is 5.30. The van der Waals surface area contributed by atoms with Crippen LogP contribution in [0.25, 0.3) is 0 Å². The number of primary amides is 1. The Morgan fingerprint density at radius 3 is 2.44 bits per heavy atom. The van der Waals surface area contributed by atoms with E-state index in [1.165, 1.54) is 50.3 Å². The minimum atomic E-state index is -0.386. The van der Waals surface area contributed by atoms with E-state index in [-0.39, 0.29) is 30.0 Å². The van der Waals surface area contributed by atoms with E-state index in [0.717, 1.165) is 11.4 Å². The summed E-state index contributed by atoms with van der Waals surface area (Å²) < 4.78 is 0. The summed E-state index contributed by atoms with van der Waals surface area (Å²) in [5, 5.41) is 6.49. The number of hydrogen-bond acceptors (Lipinski definition) is 4.